The van der Waals surface area contributed by atoms with E-state index in [0.29, 0.717) is 5.76 Å². The Hall–Kier alpha value is -1.35. The van der Waals surface area contributed by atoms with Gasteiger partial charge in [0.25, 0.3) is 0 Å². The van der Waals surface area contributed by atoms with E-state index in [-0.39, 0.29) is 34.4 Å². The SMILES string of the molecule is O=S1(=O)CC[C@@H](N(Cc2ccco2)S(=O)(=O)c2ccccc2Cl)C1. The van der Waals surface area contributed by atoms with E-state index < -0.39 is 25.9 Å². The van der Waals surface area contributed by atoms with Gasteiger partial charge in [-0.2, -0.15) is 4.31 Å². The molecule has 3 rings (SSSR count). The van der Waals surface area contributed by atoms with E-state index in [9.17, 15) is 16.8 Å². The monoisotopic (exact) mass is 389 g/mol. The van der Waals surface area contributed by atoms with Gasteiger partial charge < -0.3 is 4.42 Å². The molecule has 1 aromatic heterocycles. The second kappa shape index (κ2) is 6.51. The van der Waals surface area contributed by atoms with Crippen molar-refractivity contribution in [3.8, 4) is 0 Å². The number of furan rings is 1. The van der Waals surface area contributed by atoms with Crippen LogP contribution in [0.3, 0.4) is 0 Å². The number of rotatable bonds is 5. The highest BCUT2D eigenvalue weighted by Crippen LogP contribution is 2.30. The molecule has 0 radical (unpaired) electrons. The number of hydrogen-bond acceptors (Lipinski definition) is 5. The van der Waals surface area contributed by atoms with Crippen LogP contribution < -0.4 is 0 Å². The van der Waals surface area contributed by atoms with Gasteiger partial charge in [-0.25, -0.2) is 16.8 Å². The largest absolute Gasteiger partial charge is 0.468 e. The summed E-state index contributed by atoms with van der Waals surface area (Å²) in [4.78, 5) is -0.0393. The van der Waals surface area contributed by atoms with Crippen LogP contribution in [-0.4, -0.2) is 38.7 Å². The van der Waals surface area contributed by atoms with Crippen LogP contribution >= 0.6 is 11.6 Å². The zero-order valence-corrected chi connectivity index (χ0v) is 15.0. The summed E-state index contributed by atoms with van der Waals surface area (Å²) < 4.78 is 56.2. The molecular weight excluding hydrogens is 374 g/mol. The number of nitrogens with zero attached hydrogens (tertiary/aromatic N) is 1. The van der Waals surface area contributed by atoms with E-state index >= 15 is 0 Å². The lowest BCUT2D eigenvalue weighted by molar-refractivity contribution is 0.307. The molecule has 130 valence electrons. The Labute approximate surface area is 146 Å². The number of hydrogen-bond donors (Lipinski definition) is 0. The Morgan fingerprint density at radius 1 is 1.21 bits per heavy atom. The van der Waals surface area contributed by atoms with Crippen LogP contribution in [0.25, 0.3) is 0 Å². The van der Waals surface area contributed by atoms with Crippen molar-refractivity contribution in [1.82, 2.24) is 4.31 Å². The van der Waals surface area contributed by atoms with Gasteiger partial charge in [-0.15, -0.1) is 0 Å². The molecule has 1 saturated heterocycles. The van der Waals surface area contributed by atoms with Crippen molar-refractivity contribution in [2.75, 3.05) is 11.5 Å². The minimum absolute atomic E-state index is 0.0234. The summed E-state index contributed by atoms with van der Waals surface area (Å²) >= 11 is 6.05. The third-order valence-corrected chi connectivity index (χ3v) is 8.08. The van der Waals surface area contributed by atoms with E-state index in [2.05, 4.69) is 0 Å². The summed E-state index contributed by atoms with van der Waals surface area (Å²) in [6, 6.07) is 8.79. The zero-order valence-electron chi connectivity index (χ0n) is 12.6. The highest BCUT2D eigenvalue weighted by Gasteiger charge is 2.39. The van der Waals surface area contributed by atoms with Gasteiger partial charge in [0.05, 0.1) is 29.3 Å². The molecule has 1 fully saturated rings. The van der Waals surface area contributed by atoms with Gasteiger partial charge in [-0.05, 0) is 30.7 Å². The van der Waals surface area contributed by atoms with Crippen LogP contribution in [0.5, 0.6) is 0 Å². The standard InChI is InChI=1S/C15H16ClNO5S2/c16-14-5-1-2-6-15(14)24(20,21)17(10-13-4-3-8-22-13)12-7-9-23(18,19)11-12/h1-6,8,12H,7,9-11H2/t12-/m1/s1. The van der Waals surface area contributed by atoms with Gasteiger partial charge in [0.2, 0.25) is 10.0 Å². The molecule has 1 aliphatic rings. The molecule has 1 aliphatic heterocycles. The Morgan fingerprint density at radius 3 is 2.54 bits per heavy atom. The van der Waals surface area contributed by atoms with E-state index in [1.165, 1.54) is 22.7 Å². The first kappa shape index (κ1) is 17.5. The fourth-order valence-corrected chi connectivity index (χ4v) is 6.69. The van der Waals surface area contributed by atoms with Crippen molar-refractivity contribution >= 4 is 31.5 Å². The molecule has 2 heterocycles. The predicted octanol–water partition coefficient (Wildman–Crippen LogP) is 2.31. The molecule has 0 bridgehead atoms. The fraction of sp³-hybridized carbons (Fsp3) is 0.333. The Kier molecular flexibility index (Phi) is 4.74. The van der Waals surface area contributed by atoms with Gasteiger partial charge in [0, 0.05) is 6.04 Å². The number of sulfonamides is 1. The lowest BCUT2D eigenvalue weighted by Crippen LogP contribution is -2.40. The highest BCUT2D eigenvalue weighted by molar-refractivity contribution is 7.92. The first-order chi connectivity index (χ1) is 11.3. The maximum Gasteiger partial charge on any atom is 0.245 e. The smallest absolute Gasteiger partial charge is 0.245 e. The average molecular weight is 390 g/mol. The molecular formula is C15H16ClNO5S2. The highest BCUT2D eigenvalue weighted by atomic mass is 35.5. The third-order valence-electron chi connectivity index (χ3n) is 3.93. The van der Waals surface area contributed by atoms with Crippen molar-refractivity contribution < 1.29 is 21.3 Å². The second-order valence-electron chi connectivity index (χ2n) is 5.62. The predicted molar refractivity (Wildman–Crippen MR) is 89.9 cm³/mol. The summed E-state index contributed by atoms with van der Waals surface area (Å²) in [7, 11) is -7.21. The molecule has 1 atom stereocenters. The average Bonchev–Trinajstić information content (AvgIpc) is 3.14. The van der Waals surface area contributed by atoms with Gasteiger partial charge in [-0.1, -0.05) is 23.7 Å². The Bertz CT molecular complexity index is 923. The molecule has 0 saturated carbocycles. The van der Waals surface area contributed by atoms with Gasteiger partial charge in [0.15, 0.2) is 9.84 Å². The topological polar surface area (TPSA) is 84.7 Å². The maximum atomic E-state index is 13.1. The van der Waals surface area contributed by atoms with Gasteiger partial charge in [-0.3, -0.25) is 0 Å². The van der Waals surface area contributed by atoms with E-state index in [1.54, 1.807) is 24.3 Å². The molecule has 1 aromatic carbocycles. The van der Waals surface area contributed by atoms with E-state index in [1.807, 2.05) is 0 Å². The summed E-state index contributed by atoms with van der Waals surface area (Å²) in [5.74, 6) is 0.219. The summed E-state index contributed by atoms with van der Waals surface area (Å²) in [5.41, 5.74) is 0. The molecule has 2 aromatic rings. The van der Waals surface area contributed by atoms with Gasteiger partial charge in [0.1, 0.15) is 10.7 Å². The second-order valence-corrected chi connectivity index (χ2v) is 10.1. The third kappa shape index (κ3) is 3.51. The van der Waals surface area contributed by atoms with E-state index in [4.69, 9.17) is 16.0 Å². The molecule has 24 heavy (non-hydrogen) atoms. The van der Waals surface area contributed by atoms with E-state index in [0.717, 1.165) is 0 Å². The van der Waals surface area contributed by atoms with Crippen LogP contribution in [0.1, 0.15) is 12.2 Å². The lowest BCUT2D eigenvalue weighted by atomic mass is 10.2. The number of sulfone groups is 1. The van der Waals surface area contributed by atoms with Crippen LogP contribution in [0, 0.1) is 0 Å². The molecule has 0 aliphatic carbocycles. The molecule has 0 unspecified atom stereocenters. The van der Waals surface area contributed by atoms with Crippen molar-refractivity contribution in [2.45, 2.75) is 23.9 Å². The summed E-state index contributed by atoms with van der Waals surface area (Å²) in [5, 5.41) is 0.0998. The van der Waals surface area contributed by atoms with Crippen LogP contribution in [0.4, 0.5) is 0 Å². The lowest BCUT2D eigenvalue weighted by Gasteiger charge is -2.27. The van der Waals surface area contributed by atoms with Crippen LogP contribution in [0.2, 0.25) is 5.02 Å². The quantitative estimate of drug-likeness (QED) is 0.783. The number of benzene rings is 1. The molecule has 0 amide bonds. The van der Waals surface area contributed by atoms with Crippen molar-refractivity contribution in [2.24, 2.45) is 0 Å². The zero-order chi connectivity index (χ0) is 17.4. The van der Waals surface area contributed by atoms with Crippen molar-refractivity contribution in [3.05, 3.63) is 53.4 Å². The molecule has 9 heteroatoms. The van der Waals surface area contributed by atoms with Crippen LogP contribution in [-0.2, 0) is 26.4 Å². The minimum atomic E-state index is -3.96. The van der Waals surface area contributed by atoms with Crippen LogP contribution in [0.15, 0.2) is 52.0 Å². The number of halogens is 1. The van der Waals surface area contributed by atoms with Crippen molar-refractivity contribution in [1.29, 1.82) is 0 Å². The maximum absolute atomic E-state index is 13.1. The first-order valence-electron chi connectivity index (χ1n) is 7.29. The molecule has 6 nitrogen and oxygen atoms in total. The molecule has 0 N–H and O–H groups in total. The summed E-state index contributed by atoms with van der Waals surface area (Å²) in [6.07, 6.45) is 1.70. The molecule has 0 spiro atoms. The Morgan fingerprint density at radius 2 is 1.96 bits per heavy atom. The van der Waals surface area contributed by atoms with Crippen molar-refractivity contribution in [3.63, 3.8) is 0 Å². The van der Waals surface area contributed by atoms with Gasteiger partial charge >= 0.3 is 0 Å². The first-order valence-corrected chi connectivity index (χ1v) is 10.9. The normalized spacial score (nSPS) is 20.5. The minimum Gasteiger partial charge on any atom is -0.468 e. The Balaban J connectivity index is 2.02. The summed E-state index contributed by atoms with van der Waals surface area (Å²) in [6.45, 7) is -0.0409. The fourth-order valence-electron chi connectivity index (χ4n) is 2.75.